The Bertz CT molecular complexity index is 1040. The molecule has 0 radical (unpaired) electrons. The van der Waals surface area contributed by atoms with E-state index in [9.17, 15) is 0 Å². The first-order valence-corrected chi connectivity index (χ1v) is 10.4. The number of aromatic nitrogens is 2. The highest BCUT2D eigenvalue weighted by atomic mass is 16.7. The summed E-state index contributed by atoms with van der Waals surface area (Å²) in [5.41, 5.74) is 2.11. The molecule has 5 rings (SSSR count). The molecule has 1 aromatic heterocycles. The number of nitrogens with zero attached hydrogens (tertiary/aromatic N) is 4. The third kappa shape index (κ3) is 4.46. The van der Waals surface area contributed by atoms with Crippen LogP contribution in [0.15, 0.2) is 78.9 Å². The summed E-state index contributed by atoms with van der Waals surface area (Å²) in [7, 11) is 0. The van der Waals surface area contributed by atoms with Gasteiger partial charge >= 0.3 is 0 Å². The molecule has 1 fully saturated rings. The summed E-state index contributed by atoms with van der Waals surface area (Å²) < 4.78 is 16.6. The van der Waals surface area contributed by atoms with Crippen molar-refractivity contribution in [2.45, 2.75) is 6.54 Å². The second kappa shape index (κ2) is 9.06. The van der Waals surface area contributed by atoms with E-state index in [0.29, 0.717) is 31.5 Å². The summed E-state index contributed by atoms with van der Waals surface area (Å²) in [5, 5.41) is 0. The van der Waals surface area contributed by atoms with E-state index in [-0.39, 0.29) is 6.79 Å². The highest BCUT2D eigenvalue weighted by Crippen LogP contribution is 2.29. The highest BCUT2D eigenvalue weighted by Gasteiger charge is 2.23. The van der Waals surface area contributed by atoms with E-state index in [2.05, 4.69) is 17.0 Å². The van der Waals surface area contributed by atoms with Crippen LogP contribution in [0.3, 0.4) is 0 Å². The first kappa shape index (κ1) is 19.4. The van der Waals surface area contributed by atoms with E-state index in [1.807, 2.05) is 59.5 Å². The molecule has 1 saturated heterocycles. The Morgan fingerprint density at radius 3 is 2.35 bits per heavy atom. The minimum Gasteiger partial charge on any atom is -0.459 e. The molecule has 158 valence electrons. The van der Waals surface area contributed by atoms with Crippen molar-refractivity contribution in [2.75, 3.05) is 42.9 Å². The van der Waals surface area contributed by atoms with Crippen LogP contribution < -0.4 is 9.80 Å². The Labute approximate surface area is 181 Å². The normalized spacial score (nSPS) is 15.7. The van der Waals surface area contributed by atoms with Crippen molar-refractivity contribution in [1.29, 1.82) is 0 Å². The summed E-state index contributed by atoms with van der Waals surface area (Å²) in [4.78, 5) is 14.1. The van der Waals surface area contributed by atoms with E-state index in [4.69, 9.17) is 24.2 Å². The Kier molecular flexibility index (Phi) is 5.66. The Balaban J connectivity index is 1.58. The molecule has 31 heavy (non-hydrogen) atoms. The Morgan fingerprint density at radius 2 is 1.65 bits per heavy atom. The maximum atomic E-state index is 5.74. The zero-order valence-electron chi connectivity index (χ0n) is 17.2. The van der Waals surface area contributed by atoms with Crippen LogP contribution in [0.5, 0.6) is 0 Å². The smallest absolute Gasteiger partial charge is 0.234 e. The molecule has 0 aliphatic carbocycles. The molecular weight excluding hydrogens is 392 g/mol. The molecule has 0 unspecified atom stereocenters. The van der Waals surface area contributed by atoms with Crippen molar-refractivity contribution in [3.8, 4) is 11.4 Å². The molecule has 3 aromatic rings. The first-order valence-electron chi connectivity index (χ1n) is 10.4. The van der Waals surface area contributed by atoms with Gasteiger partial charge in [-0.3, -0.25) is 4.90 Å². The number of morpholine rings is 1. The minimum atomic E-state index is 0.202. The quantitative estimate of drug-likeness (QED) is 0.606. The summed E-state index contributed by atoms with van der Waals surface area (Å²) in [6.07, 6.45) is 1.64. The molecule has 0 N–H and O–H groups in total. The lowest BCUT2D eigenvalue weighted by molar-refractivity contribution is 0.0781. The van der Waals surface area contributed by atoms with Gasteiger partial charge in [-0.1, -0.05) is 60.7 Å². The van der Waals surface area contributed by atoms with Gasteiger partial charge in [-0.15, -0.1) is 0 Å². The molecule has 2 aliphatic rings. The number of hydrogen-bond donors (Lipinski definition) is 0. The van der Waals surface area contributed by atoms with Gasteiger partial charge in [0.25, 0.3) is 0 Å². The molecule has 0 atom stereocenters. The van der Waals surface area contributed by atoms with Crippen LogP contribution in [0.2, 0.25) is 0 Å². The Hall–Kier alpha value is -3.58. The third-order valence-corrected chi connectivity index (χ3v) is 5.25. The summed E-state index contributed by atoms with van der Waals surface area (Å²) >= 11 is 0. The van der Waals surface area contributed by atoms with Gasteiger partial charge in [0.2, 0.25) is 12.7 Å². The van der Waals surface area contributed by atoms with Crippen molar-refractivity contribution in [3.05, 3.63) is 84.4 Å². The largest absolute Gasteiger partial charge is 0.459 e. The maximum absolute atomic E-state index is 5.74. The number of ether oxygens (including phenoxy) is 3. The Morgan fingerprint density at radius 1 is 0.903 bits per heavy atom. The van der Waals surface area contributed by atoms with Crippen LogP contribution in [-0.2, 0) is 20.8 Å². The predicted molar refractivity (Wildman–Crippen MR) is 118 cm³/mol. The van der Waals surface area contributed by atoms with Gasteiger partial charge in [-0.05, 0) is 5.56 Å². The van der Waals surface area contributed by atoms with E-state index >= 15 is 0 Å². The summed E-state index contributed by atoms with van der Waals surface area (Å²) in [6.45, 7) is 3.78. The van der Waals surface area contributed by atoms with Gasteiger partial charge in [0.1, 0.15) is 17.9 Å². The SMILES string of the molecule is C1=C(N(Cc2ccccc2)c2cc(N3CCOCC3)nc(-c3ccccc3)n2)OCO1. The van der Waals surface area contributed by atoms with E-state index in [0.717, 1.165) is 35.9 Å². The van der Waals surface area contributed by atoms with Crippen LogP contribution in [0.25, 0.3) is 11.4 Å². The summed E-state index contributed by atoms with van der Waals surface area (Å²) in [5.74, 6) is 2.95. The fourth-order valence-electron chi connectivity index (χ4n) is 3.64. The van der Waals surface area contributed by atoms with Crippen molar-refractivity contribution in [2.24, 2.45) is 0 Å². The number of rotatable bonds is 6. The molecule has 3 heterocycles. The zero-order valence-corrected chi connectivity index (χ0v) is 17.2. The van der Waals surface area contributed by atoms with Crippen LogP contribution in [0.4, 0.5) is 11.6 Å². The van der Waals surface area contributed by atoms with Gasteiger partial charge in [-0.2, -0.15) is 0 Å². The molecule has 0 spiro atoms. The van der Waals surface area contributed by atoms with E-state index < -0.39 is 0 Å². The molecule has 2 aliphatic heterocycles. The molecular formula is C24H24N4O3. The molecule has 0 amide bonds. The van der Waals surface area contributed by atoms with Gasteiger partial charge in [0.05, 0.1) is 19.8 Å². The molecule has 7 heteroatoms. The van der Waals surface area contributed by atoms with Crippen molar-refractivity contribution in [3.63, 3.8) is 0 Å². The molecule has 2 aromatic carbocycles. The van der Waals surface area contributed by atoms with Crippen molar-refractivity contribution >= 4 is 11.6 Å². The van der Waals surface area contributed by atoms with E-state index in [1.165, 1.54) is 0 Å². The van der Waals surface area contributed by atoms with Crippen molar-refractivity contribution < 1.29 is 14.2 Å². The second-order valence-electron chi connectivity index (χ2n) is 7.33. The zero-order chi connectivity index (χ0) is 20.9. The first-order chi connectivity index (χ1) is 15.4. The fraction of sp³-hybridized carbons (Fsp3) is 0.250. The number of hydrogen-bond acceptors (Lipinski definition) is 7. The molecule has 0 bridgehead atoms. The maximum Gasteiger partial charge on any atom is 0.234 e. The number of anilines is 2. The number of benzene rings is 2. The van der Waals surface area contributed by atoms with Crippen LogP contribution in [-0.4, -0.2) is 43.1 Å². The topological polar surface area (TPSA) is 60.0 Å². The average molecular weight is 416 g/mol. The molecule has 7 nitrogen and oxygen atoms in total. The summed E-state index contributed by atoms with van der Waals surface area (Å²) in [6, 6.07) is 22.3. The predicted octanol–water partition coefficient (Wildman–Crippen LogP) is 3.79. The monoisotopic (exact) mass is 416 g/mol. The van der Waals surface area contributed by atoms with Crippen LogP contribution in [0.1, 0.15) is 5.56 Å². The van der Waals surface area contributed by atoms with Gasteiger partial charge in [-0.25, -0.2) is 9.97 Å². The lowest BCUT2D eigenvalue weighted by Gasteiger charge is -2.30. The average Bonchev–Trinajstić information content (AvgIpc) is 3.39. The minimum absolute atomic E-state index is 0.202. The fourth-order valence-corrected chi connectivity index (χ4v) is 3.64. The lowest BCUT2D eigenvalue weighted by atomic mass is 10.2. The van der Waals surface area contributed by atoms with E-state index in [1.54, 1.807) is 6.26 Å². The van der Waals surface area contributed by atoms with Gasteiger partial charge in [0.15, 0.2) is 5.82 Å². The molecule has 0 saturated carbocycles. The lowest BCUT2D eigenvalue weighted by Crippen LogP contribution is -2.37. The van der Waals surface area contributed by atoms with Crippen LogP contribution >= 0.6 is 0 Å². The third-order valence-electron chi connectivity index (χ3n) is 5.25. The van der Waals surface area contributed by atoms with Crippen molar-refractivity contribution in [1.82, 2.24) is 9.97 Å². The van der Waals surface area contributed by atoms with Gasteiger partial charge < -0.3 is 19.1 Å². The van der Waals surface area contributed by atoms with Crippen LogP contribution in [0, 0.1) is 0 Å². The van der Waals surface area contributed by atoms with Gasteiger partial charge in [0, 0.05) is 24.7 Å². The standard InChI is InChI=1S/C24H24N4O3/c1-3-7-19(8-4-1)16-28(23-17-30-18-31-23)22-15-21(27-11-13-29-14-12-27)25-24(26-22)20-9-5-2-6-10-20/h1-10,15,17H,11-14,16,18H2. The second-order valence-corrected chi connectivity index (χ2v) is 7.33. The highest BCUT2D eigenvalue weighted by molar-refractivity contribution is 5.63.